The number of benzene rings is 1. The molecule has 2 fully saturated rings. The standard InChI is InChI=1S/C15H19NO2/c1-18-15(17)11-4-2-3-10(7-11)12-8-13-5-6-14(9-12)16-13/h2-4,7,12-14,16H,5-6,8-9H2,1H3/t12?,13-,14+. The SMILES string of the molecule is COC(=O)c1cccc(C2C[C@H]3CC[C@@H](C2)N3)c1. The zero-order valence-corrected chi connectivity index (χ0v) is 10.7. The molecule has 18 heavy (non-hydrogen) atoms. The predicted molar refractivity (Wildman–Crippen MR) is 69.7 cm³/mol. The first-order chi connectivity index (χ1) is 8.76. The molecule has 1 N–H and O–H groups in total. The van der Waals surface area contributed by atoms with Gasteiger partial charge in [-0.25, -0.2) is 4.79 Å². The van der Waals surface area contributed by atoms with Crippen molar-refractivity contribution in [2.75, 3.05) is 7.11 Å². The molecule has 2 saturated heterocycles. The van der Waals surface area contributed by atoms with Crippen LogP contribution in [0.1, 0.15) is 47.5 Å². The smallest absolute Gasteiger partial charge is 0.337 e. The van der Waals surface area contributed by atoms with Crippen LogP contribution in [0.15, 0.2) is 24.3 Å². The molecular formula is C15H19NO2. The molecule has 0 amide bonds. The highest BCUT2D eigenvalue weighted by Gasteiger charge is 2.34. The van der Waals surface area contributed by atoms with Crippen LogP contribution in [0.4, 0.5) is 0 Å². The fourth-order valence-corrected chi connectivity index (χ4v) is 3.37. The maximum Gasteiger partial charge on any atom is 0.337 e. The third-order valence-electron chi connectivity index (χ3n) is 4.25. The highest BCUT2D eigenvalue weighted by Crippen LogP contribution is 2.37. The van der Waals surface area contributed by atoms with Crippen LogP contribution in [0.25, 0.3) is 0 Å². The average Bonchev–Trinajstić information content (AvgIpc) is 2.76. The number of fused-ring (bicyclic) bond motifs is 2. The minimum absolute atomic E-state index is 0.242. The molecule has 3 atom stereocenters. The predicted octanol–water partition coefficient (Wildman–Crippen LogP) is 2.47. The quantitative estimate of drug-likeness (QED) is 0.813. The van der Waals surface area contributed by atoms with Gasteiger partial charge in [-0.2, -0.15) is 0 Å². The number of carbonyl (C=O) groups is 1. The van der Waals surface area contributed by atoms with Gasteiger partial charge in [0.15, 0.2) is 0 Å². The van der Waals surface area contributed by atoms with E-state index in [0.29, 0.717) is 23.6 Å². The van der Waals surface area contributed by atoms with Gasteiger partial charge in [0.1, 0.15) is 0 Å². The zero-order valence-electron chi connectivity index (χ0n) is 10.7. The van der Waals surface area contributed by atoms with E-state index < -0.39 is 0 Å². The molecule has 0 radical (unpaired) electrons. The summed E-state index contributed by atoms with van der Waals surface area (Å²) in [5.41, 5.74) is 1.96. The summed E-state index contributed by atoms with van der Waals surface area (Å²) in [5, 5.41) is 3.65. The normalized spacial score (nSPS) is 30.2. The van der Waals surface area contributed by atoms with E-state index in [4.69, 9.17) is 4.74 Å². The van der Waals surface area contributed by atoms with E-state index in [1.807, 2.05) is 18.2 Å². The van der Waals surface area contributed by atoms with E-state index in [1.165, 1.54) is 38.4 Å². The first kappa shape index (κ1) is 11.7. The molecule has 2 heterocycles. The van der Waals surface area contributed by atoms with Crippen molar-refractivity contribution in [2.24, 2.45) is 0 Å². The first-order valence-electron chi connectivity index (χ1n) is 6.70. The van der Waals surface area contributed by atoms with Gasteiger partial charge < -0.3 is 10.1 Å². The zero-order chi connectivity index (χ0) is 12.5. The number of hydrogen-bond acceptors (Lipinski definition) is 3. The molecule has 0 spiro atoms. The lowest BCUT2D eigenvalue weighted by Crippen LogP contribution is -2.37. The molecule has 1 unspecified atom stereocenters. The summed E-state index contributed by atoms with van der Waals surface area (Å²) in [4.78, 5) is 11.6. The molecule has 3 heteroatoms. The van der Waals surface area contributed by atoms with Crippen molar-refractivity contribution in [2.45, 2.75) is 43.7 Å². The number of ether oxygens (including phenoxy) is 1. The lowest BCUT2D eigenvalue weighted by atomic mass is 9.85. The molecule has 2 bridgehead atoms. The summed E-state index contributed by atoms with van der Waals surface area (Å²) in [7, 11) is 1.43. The summed E-state index contributed by atoms with van der Waals surface area (Å²) < 4.78 is 4.78. The van der Waals surface area contributed by atoms with Gasteiger partial charge in [0.25, 0.3) is 0 Å². The molecular weight excluding hydrogens is 226 g/mol. The summed E-state index contributed by atoms with van der Waals surface area (Å²) >= 11 is 0. The van der Waals surface area contributed by atoms with Crippen molar-refractivity contribution in [3.63, 3.8) is 0 Å². The van der Waals surface area contributed by atoms with Crippen LogP contribution >= 0.6 is 0 Å². The molecule has 2 aliphatic rings. The van der Waals surface area contributed by atoms with Crippen molar-refractivity contribution < 1.29 is 9.53 Å². The van der Waals surface area contributed by atoms with Gasteiger partial charge in [0, 0.05) is 12.1 Å². The Kier molecular flexibility index (Phi) is 3.08. The van der Waals surface area contributed by atoms with Crippen molar-refractivity contribution in [3.8, 4) is 0 Å². The van der Waals surface area contributed by atoms with Crippen LogP contribution < -0.4 is 5.32 Å². The summed E-state index contributed by atoms with van der Waals surface area (Å²) in [6, 6.07) is 9.28. The summed E-state index contributed by atoms with van der Waals surface area (Å²) in [5.74, 6) is 0.349. The Labute approximate surface area is 108 Å². The van der Waals surface area contributed by atoms with E-state index in [9.17, 15) is 4.79 Å². The van der Waals surface area contributed by atoms with Gasteiger partial charge in [0.05, 0.1) is 12.7 Å². The first-order valence-corrected chi connectivity index (χ1v) is 6.70. The highest BCUT2D eigenvalue weighted by molar-refractivity contribution is 5.89. The van der Waals surface area contributed by atoms with Gasteiger partial charge in [-0.1, -0.05) is 12.1 Å². The number of nitrogens with one attached hydrogen (secondary N) is 1. The Bertz CT molecular complexity index is 446. The second kappa shape index (κ2) is 4.73. The number of hydrogen-bond donors (Lipinski definition) is 1. The van der Waals surface area contributed by atoms with Gasteiger partial charge in [-0.15, -0.1) is 0 Å². The average molecular weight is 245 g/mol. The van der Waals surface area contributed by atoms with Gasteiger partial charge in [0.2, 0.25) is 0 Å². The summed E-state index contributed by atoms with van der Waals surface area (Å²) in [6.45, 7) is 0. The van der Waals surface area contributed by atoms with Crippen molar-refractivity contribution in [1.82, 2.24) is 5.32 Å². The highest BCUT2D eigenvalue weighted by atomic mass is 16.5. The number of esters is 1. The molecule has 1 aromatic rings. The maximum absolute atomic E-state index is 11.6. The van der Waals surface area contributed by atoms with Crippen molar-refractivity contribution >= 4 is 5.97 Å². The molecule has 3 rings (SSSR count). The minimum Gasteiger partial charge on any atom is -0.465 e. The number of piperidine rings is 1. The second-order valence-electron chi connectivity index (χ2n) is 5.42. The van der Waals surface area contributed by atoms with Gasteiger partial charge in [-0.05, 0) is 49.3 Å². The topological polar surface area (TPSA) is 38.3 Å². The largest absolute Gasteiger partial charge is 0.465 e. The number of methoxy groups -OCH3 is 1. The number of rotatable bonds is 2. The molecule has 96 valence electrons. The maximum atomic E-state index is 11.6. The van der Waals surface area contributed by atoms with Crippen LogP contribution in [0.3, 0.4) is 0 Å². The summed E-state index contributed by atoms with van der Waals surface area (Å²) in [6.07, 6.45) is 5.00. The Morgan fingerprint density at radius 2 is 2.00 bits per heavy atom. The molecule has 3 nitrogen and oxygen atoms in total. The fourth-order valence-electron chi connectivity index (χ4n) is 3.37. The molecule has 0 aliphatic carbocycles. The lowest BCUT2D eigenvalue weighted by Gasteiger charge is -2.29. The number of carbonyl (C=O) groups excluding carboxylic acids is 1. The van der Waals surface area contributed by atoms with Crippen LogP contribution in [-0.4, -0.2) is 25.2 Å². The molecule has 2 aliphatic heterocycles. The van der Waals surface area contributed by atoms with Crippen LogP contribution in [-0.2, 0) is 4.74 Å². The van der Waals surface area contributed by atoms with E-state index in [0.717, 1.165) is 0 Å². The minimum atomic E-state index is -0.242. The second-order valence-corrected chi connectivity index (χ2v) is 5.42. The third-order valence-corrected chi connectivity index (χ3v) is 4.25. The molecule has 0 saturated carbocycles. The van der Waals surface area contributed by atoms with Crippen LogP contribution in [0, 0.1) is 0 Å². The van der Waals surface area contributed by atoms with E-state index >= 15 is 0 Å². The van der Waals surface area contributed by atoms with Crippen LogP contribution in [0.2, 0.25) is 0 Å². The Hall–Kier alpha value is -1.35. The van der Waals surface area contributed by atoms with Gasteiger partial charge in [-0.3, -0.25) is 0 Å². The Balaban J connectivity index is 1.81. The van der Waals surface area contributed by atoms with Crippen LogP contribution in [0.5, 0.6) is 0 Å². The fraction of sp³-hybridized carbons (Fsp3) is 0.533. The van der Waals surface area contributed by atoms with Crippen molar-refractivity contribution in [3.05, 3.63) is 35.4 Å². The van der Waals surface area contributed by atoms with E-state index in [-0.39, 0.29) is 5.97 Å². The van der Waals surface area contributed by atoms with Gasteiger partial charge >= 0.3 is 5.97 Å². The lowest BCUT2D eigenvalue weighted by molar-refractivity contribution is 0.0600. The monoisotopic (exact) mass is 245 g/mol. The Morgan fingerprint density at radius 1 is 1.28 bits per heavy atom. The van der Waals surface area contributed by atoms with E-state index in [2.05, 4.69) is 11.4 Å². The molecule has 0 aromatic heterocycles. The molecule has 1 aromatic carbocycles. The van der Waals surface area contributed by atoms with Crippen molar-refractivity contribution in [1.29, 1.82) is 0 Å². The third kappa shape index (κ3) is 2.15. The van der Waals surface area contributed by atoms with E-state index in [1.54, 1.807) is 0 Å². The Morgan fingerprint density at radius 3 is 2.67 bits per heavy atom.